The van der Waals surface area contributed by atoms with E-state index in [-0.39, 0.29) is 10.8 Å². The van der Waals surface area contributed by atoms with Crippen LogP contribution in [0.25, 0.3) is 11.3 Å². The number of rotatable bonds is 6. The summed E-state index contributed by atoms with van der Waals surface area (Å²) >= 11 is 7.48. The maximum atomic E-state index is 9.86. The highest BCUT2D eigenvalue weighted by atomic mass is 35.5. The van der Waals surface area contributed by atoms with Crippen LogP contribution in [0.5, 0.6) is 11.5 Å². The molecule has 0 aliphatic rings. The van der Waals surface area contributed by atoms with E-state index >= 15 is 0 Å². The lowest BCUT2D eigenvalue weighted by molar-refractivity contribution is 0.318. The molecule has 0 atom stereocenters. The van der Waals surface area contributed by atoms with E-state index in [1.165, 1.54) is 16.9 Å². The van der Waals surface area contributed by atoms with Gasteiger partial charge in [0.15, 0.2) is 11.5 Å². The highest BCUT2D eigenvalue weighted by Gasteiger charge is 2.09. The van der Waals surface area contributed by atoms with Crippen LogP contribution in [-0.4, -0.2) is 22.9 Å². The van der Waals surface area contributed by atoms with Gasteiger partial charge >= 0.3 is 0 Å². The van der Waals surface area contributed by atoms with Gasteiger partial charge in [-0.3, -0.25) is 5.43 Å². The summed E-state index contributed by atoms with van der Waals surface area (Å²) in [7, 11) is 0. The molecule has 1 heterocycles. The highest BCUT2D eigenvalue weighted by Crippen LogP contribution is 2.34. The summed E-state index contributed by atoms with van der Waals surface area (Å²) in [6, 6.07) is 11.5. The minimum atomic E-state index is -0.0683. The van der Waals surface area contributed by atoms with Gasteiger partial charge in [0.05, 0.1) is 23.5 Å². The van der Waals surface area contributed by atoms with E-state index in [0.717, 1.165) is 11.3 Å². The number of benzene rings is 2. The first-order valence-corrected chi connectivity index (χ1v) is 9.29. The van der Waals surface area contributed by atoms with Gasteiger partial charge in [0.25, 0.3) is 0 Å². The van der Waals surface area contributed by atoms with Crippen LogP contribution >= 0.6 is 22.9 Å². The topological polar surface area (TPSA) is 66.7 Å². The lowest BCUT2D eigenvalue weighted by Gasteiger charge is -2.08. The Morgan fingerprint density at radius 3 is 2.81 bits per heavy atom. The van der Waals surface area contributed by atoms with Crippen molar-refractivity contribution in [2.75, 3.05) is 12.0 Å². The number of halogens is 1. The molecular weight excluding hydrogens is 370 g/mol. The van der Waals surface area contributed by atoms with Crippen molar-refractivity contribution in [3.05, 3.63) is 57.9 Å². The van der Waals surface area contributed by atoms with E-state index in [4.69, 9.17) is 16.3 Å². The summed E-state index contributed by atoms with van der Waals surface area (Å²) < 4.78 is 5.36. The third kappa shape index (κ3) is 4.33. The number of aromatic hydroxyl groups is 1. The first kappa shape index (κ1) is 18.2. The molecule has 134 valence electrons. The van der Waals surface area contributed by atoms with Crippen molar-refractivity contribution in [3.63, 3.8) is 0 Å². The third-order valence-corrected chi connectivity index (χ3v) is 4.61. The number of nitrogens with one attached hydrogen (secondary N) is 1. The summed E-state index contributed by atoms with van der Waals surface area (Å²) in [5, 5.41) is 16.9. The Hall–Kier alpha value is -2.57. The number of anilines is 1. The number of aromatic nitrogens is 1. The molecule has 2 N–H and O–H groups in total. The second-order valence-electron chi connectivity index (χ2n) is 5.56. The Kier molecular flexibility index (Phi) is 5.75. The van der Waals surface area contributed by atoms with E-state index in [0.29, 0.717) is 23.1 Å². The van der Waals surface area contributed by atoms with Crippen molar-refractivity contribution >= 4 is 34.3 Å². The molecule has 3 rings (SSSR count). The SMILES string of the molecule is CCOc1cc(/C=N\Nc2nc(-c3ccc(C)cc3)cs2)cc(Cl)c1O. The fraction of sp³-hybridized carbons (Fsp3) is 0.158. The molecule has 7 heteroatoms. The predicted molar refractivity (Wildman–Crippen MR) is 108 cm³/mol. The van der Waals surface area contributed by atoms with Crippen LogP contribution in [0.3, 0.4) is 0 Å². The van der Waals surface area contributed by atoms with Crippen LogP contribution < -0.4 is 10.2 Å². The number of thiazole rings is 1. The van der Waals surface area contributed by atoms with Crippen molar-refractivity contribution in [3.8, 4) is 22.8 Å². The normalized spacial score (nSPS) is 11.0. The largest absolute Gasteiger partial charge is 0.503 e. The molecule has 0 unspecified atom stereocenters. The van der Waals surface area contributed by atoms with Crippen LogP contribution in [0.1, 0.15) is 18.1 Å². The van der Waals surface area contributed by atoms with Crippen LogP contribution in [-0.2, 0) is 0 Å². The lowest BCUT2D eigenvalue weighted by atomic mass is 10.1. The Morgan fingerprint density at radius 1 is 1.31 bits per heavy atom. The molecule has 26 heavy (non-hydrogen) atoms. The number of aryl methyl sites for hydroxylation is 1. The quantitative estimate of drug-likeness (QED) is 0.443. The molecule has 2 aromatic carbocycles. The second-order valence-corrected chi connectivity index (χ2v) is 6.82. The molecule has 0 aliphatic heterocycles. The summed E-state index contributed by atoms with van der Waals surface area (Å²) in [5.74, 6) is 0.263. The number of phenolic OH excluding ortho intramolecular Hbond substituents is 1. The van der Waals surface area contributed by atoms with Crippen molar-refractivity contribution in [1.29, 1.82) is 0 Å². The molecular formula is C19H18ClN3O2S. The molecule has 0 aliphatic carbocycles. The molecule has 3 aromatic rings. The van der Waals surface area contributed by atoms with Gasteiger partial charge in [0.2, 0.25) is 5.13 Å². The molecule has 1 aromatic heterocycles. The number of hydrazone groups is 1. The molecule has 0 bridgehead atoms. The number of ether oxygens (including phenoxy) is 1. The Labute approximate surface area is 160 Å². The van der Waals surface area contributed by atoms with Crippen LogP contribution in [0.15, 0.2) is 46.9 Å². The third-order valence-electron chi connectivity index (χ3n) is 3.58. The smallest absolute Gasteiger partial charge is 0.203 e. The van der Waals surface area contributed by atoms with Crippen molar-refractivity contribution in [1.82, 2.24) is 4.98 Å². The first-order chi connectivity index (χ1) is 12.6. The number of nitrogens with zero attached hydrogens (tertiary/aromatic N) is 2. The van der Waals surface area contributed by atoms with E-state index in [9.17, 15) is 5.11 Å². The second kappa shape index (κ2) is 8.21. The molecule has 0 spiro atoms. The Morgan fingerprint density at radius 2 is 2.08 bits per heavy atom. The zero-order valence-electron chi connectivity index (χ0n) is 14.4. The average Bonchev–Trinajstić information content (AvgIpc) is 3.09. The van der Waals surface area contributed by atoms with Crippen molar-refractivity contribution < 1.29 is 9.84 Å². The standard InChI is InChI=1S/C19H18ClN3O2S/c1-3-25-17-9-13(8-15(20)18(17)24)10-21-23-19-22-16(11-26-19)14-6-4-12(2)5-7-14/h4-11,24H,3H2,1-2H3,(H,22,23)/b21-10-. The summed E-state index contributed by atoms with van der Waals surface area (Å²) in [6.07, 6.45) is 1.60. The van der Waals surface area contributed by atoms with E-state index in [1.54, 1.807) is 18.3 Å². The fourth-order valence-corrected chi connectivity index (χ4v) is 3.17. The zero-order chi connectivity index (χ0) is 18.5. The minimum Gasteiger partial charge on any atom is -0.503 e. The van der Waals surface area contributed by atoms with Gasteiger partial charge < -0.3 is 9.84 Å². The summed E-state index contributed by atoms with van der Waals surface area (Å²) in [6.45, 7) is 4.33. The Bertz CT molecular complexity index is 923. The molecule has 0 saturated carbocycles. The molecule has 0 saturated heterocycles. The first-order valence-electron chi connectivity index (χ1n) is 8.03. The van der Waals surface area contributed by atoms with Crippen LogP contribution in [0.2, 0.25) is 5.02 Å². The maximum absolute atomic E-state index is 9.86. The van der Waals surface area contributed by atoms with E-state index in [1.807, 2.05) is 24.4 Å². The van der Waals surface area contributed by atoms with E-state index in [2.05, 4.69) is 34.6 Å². The predicted octanol–water partition coefficient (Wildman–Crippen LogP) is 5.32. The lowest BCUT2D eigenvalue weighted by Crippen LogP contribution is -1.95. The summed E-state index contributed by atoms with van der Waals surface area (Å²) in [4.78, 5) is 4.52. The van der Waals surface area contributed by atoms with Crippen molar-refractivity contribution in [2.24, 2.45) is 5.10 Å². The molecule has 0 radical (unpaired) electrons. The highest BCUT2D eigenvalue weighted by molar-refractivity contribution is 7.14. The molecule has 0 amide bonds. The summed E-state index contributed by atoms with van der Waals surface area (Å²) in [5.41, 5.74) is 6.80. The van der Waals surface area contributed by atoms with Gasteiger partial charge in [-0.1, -0.05) is 41.4 Å². The number of phenols is 1. The number of hydrogen-bond acceptors (Lipinski definition) is 6. The number of hydrogen-bond donors (Lipinski definition) is 2. The zero-order valence-corrected chi connectivity index (χ0v) is 15.9. The molecule has 5 nitrogen and oxygen atoms in total. The van der Waals surface area contributed by atoms with E-state index < -0.39 is 0 Å². The van der Waals surface area contributed by atoms with Gasteiger partial charge in [-0.15, -0.1) is 11.3 Å². The minimum absolute atomic E-state index is 0.0683. The van der Waals surface area contributed by atoms with Crippen molar-refractivity contribution in [2.45, 2.75) is 13.8 Å². The van der Waals surface area contributed by atoms with Crippen LogP contribution in [0, 0.1) is 6.92 Å². The van der Waals surface area contributed by atoms with Gasteiger partial charge in [0.1, 0.15) is 0 Å². The van der Waals surface area contributed by atoms with Gasteiger partial charge in [-0.05, 0) is 31.5 Å². The van der Waals surface area contributed by atoms with Gasteiger partial charge in [0, 0.05) is 10.9 Å². The maximum Gasteiger partial charge on any atom is 0.203 e. The Balaban J connectivity index is 1.70. The van der Waals surface area contributed by atoms with Gasteiger partial charge in [-0.25, -0.2) is 4.98 Å². The van der Waals surface area contributed by atoms with Crippen LogP contribution in [0.4, 0.5) is 5.13 Å². The average molecular weight is 388 g/mol. The molecule has 0 fully saturated rings. The van der Waals surface area contributed by atoms with Gasteiger partial charge in [-0.2, -0.15) is 5.10 Å². The monoisotopic (exact) mass is 387 g/mol. The fourth-order valence-electron chi connectivity index (χ4n) is 2.28.